The highest BCUT2D eigenvalue weighted by Crippen LogP contribution is 2.15. The first-order valence-electron chi connectivity index (χ1n) is 6.63. The van der Waals surface area contributed by atoms with Gasteiger partial charge in [0.1, 0.15) is 18.2 Å². The van der Waals surface area contributed by atoms with Crippen LogP contribution in [-0.2, 0) is 13.0 Å². The summed E-state index contributed by atoms with van der Waals surface area (Å²) in [5.41, 5.74) is 1.11. The fourth-order valence-electron chi connectivity index (χ4n) is 1.80. The lowest BCUT2D eigenvalue weighted by atomic mass is 10.2. The van der Waals surface area contributed by atoms with Crippen LogP contribution >= 0.6 is 0 Å². The van der Waals surface area contributed by atoms with E-state index < -0.39 is 5.97 Å². The summed E-state index contributed by atoms with van der Waals surface area (Å²) in [6.07, 6.45) is 0.923. The average Bonchev–Trinajstić information content (AvgIpc) is 2.52. The number of aromatic carboxylic acids is 1. The van der Waals surface area contributed by atoms with E-state index in [1.54, 1.807) is 7.05 Å². The number of carbonyl (C=O) groups is 1. The minimum absolute atomic E-state index is 0.0599. The summed E-state index contributed by atoms with van der Waals surface area (Å²) in [4.78, 5) is 19.2. The van der Waals surface area contributed by atoms with Gasteiger partial charge in [-0.1, -0.05) is 19.1 Å². The van der Waals surface area contributed by atoms with Crippen molar-refractivity contribution in [1.29, 1.82) is 0 Å². The minimum atomic E-state index is -1.09. The molecule has 6 nitrogen and oxygen atoms in total. The Labute approximate surface area is 122 Å². The predicted octanol–water partition coefficient (Wildman–Crippen LogP) is 2.36. The number of ether oxygens (including phenoxy) is 1. The lowest BCUT2D eigenvalue weighted by molar-refractivity contribution is 0.0689. The number of aryl methyl sites for hydroxylation is 1. The van der Waals surface area contributed by atoms with Gasteiger partial charge in [-0.3, -0.25) is 0 Å². The van der Waals surface area contributed by atoms with Crippen molar-refractivity contribution < 1.29 is 14.6 Å². The second-order valence-electron chi connectivity index (χ2n) is 4.40. The van der Waals surface area contributed by atoms with Crippen LogP contribution in [0, 0.1) is 0 Å². The van der Waals surface area contributed by atoms with Gasteiger partial charge in [-0.2, -0.15) is 0 Å². The Balaban J connectivity index is 2.15. The van der Waals surface area contributed by atoms with E-state index in [1.165, 1.54) is 11.6 Å². The zero-order chi connectivity index (χ0) is 15.2. The van der Waals surface area contributed by atoms with Crippen molar-refractivity contribution in [3.05, 3.63) is 47.4 Å². The second kappa shape index (κ2) is 6.69. The van der Waals surface area contributed by atoms with Crippen molar-refractivity contribution in [2.75, 3.05) is 12.4 Å². The lowest BCUT2D eigenvalue weighted by Crippen LogP contribution is -2.10. The highest BCUT2D eigenvalue weighted by Gasteiger charge is 2.10. The van der Waals surface area contributed by atoms with Crippen LogP contribution in [0.25, 0.3) is 0 Å². The highest BCUT2D eigenvalue weighted by molar-refractivity contribution is 5.86. The van der Waals surface area contributed by atoms with Gasteiger partial charge in [-0.05, 0) is 24.1 Å². The van der Waals surface area contributed by atoms with Crippen LogP contribution in [0.15, 0.2) is 30.3 Å². The molecule has 0 aliphatic rings. The molecule has 21 heavy (non-hydrogen) atoms. The third kappa shape index (κ3) is 3.92. The first kappa shape index (κ1) is 14.8. The molecule has 2 N–H and O–H groups in total. The van der Waals surface area contributed by atoms with Gasteiger partial charge in [0.15, 0.2) is 11.5 Å². The van der Waals surface area contributed by atoms with Crippen LogP contribution in [0.3, 0.4) is 0 Å². The Morgan fingerprint density at radius 1 is 1.33 bits per heavy atom. The fraction of sp³-hybridized carbons (Fsp3) is 0.267. The lowest BCUT2D eigenvalue weighted by Gasteiger charge is -2.08. The summed E-state index contributed by atoms with van der Waals surface area (Å²) in [6.45, 7) is 2.18. The topological polar surface area (TPSA) is 84.3 Å². The number of nitrogens with one attached hydrogen (secondary N) is 1. The molecule has 1 heterocycles. The molecule has 0 aliphatic carbocycles. The minimum Gasteiger partial charge on any atom is -0.486 e. The van der Waals surface area contributed by atoms with Crippen molar-refractivity contribution in [3.8, 4) is 5.75 Å². The maximum absolute atomic E-state index is 11.0. The number of hydrogen-bond donors (Lipinski definition) is 2. The molecule has 0 aliphatic heterocycles. The molecule has 0 spiro atoms. The summed E-state index contributed by atoms with van der Waals surface area (Å²) < 4.78 is 5.62. The predicted molar refractivity (Wildman–Crippen MR) is 78.7 cm³/mol. The molecular weight excluding hydrogens is 270 g/mol. The van der Waals surface area contributed by atoms with Crippen LogP contribution < -0.4 is 10.1 Å². The summed E-state index contributed by atoms with van der Waals surface area (Å²) in [5, 5.41) is 11.8. The maximum atomic E-state index is 11.0. The third-order valence-corrected chi connectivity index (χ3v) is 2.92. The number of rotatable bonds is 6. The molecule has 6 heteroatoms. The molecule has 0 saturated heterocycles. The second-order valence-corrected chi connectivity index (χ2v) is 4.40. The zero-order valence-electron chi connectivity index (χ0n) is 12.0. The average molecular weight is 287 g/mol. The van der Waals surface area contributed by atoms with E-state index in [-0.39, 0.29) is 12.3 Å². The summed E-state index contributed by atoms with van der Waals surface area (Å²) in [5.74, 6) is 0.386. The van der Waals surface area contributed by atoms with E-state index in [9.17, 15) is 4.79 Å². The number of anilines is 1. The number of aromatic nitrogens is 2. The molecule has 1 aromatic heterocycles. The van der Waals surface area contributed by atoms with Crippen molar-refractivity contribution >= 4 is 11.8 Å². The zero-order valence-corrected chi connectivity index (χ0v) is 12.0. The normalized spacial score (nSPS) is 10.2. The Morgan fingerprint density at radius 2 is 2.14 bits per heavy atom. The van der Waals surface area contributed by atoms with E-state index in [0.29, 0.717) is 17.4 Å². The van der Waals surface area contributed by atoms with Crippen molar-refractivity contribution in [2.24, 2.45) is 0 Å². The standard InChI is InChI=1S/C15H17N3O3/c1-3-10-5-4-6-11(7-10)21-9-14-17-12(15(19)20)8-13(16-2)18-14/h4-8H,3,9H2,1-2H3,(H,19,20)(H,16,17,18). The number of carboxylic acids is 1. The van der Waals surface area contributed by atoms with Gasteiger partial charge in [-0.15, -0.1) is 0 Å². The van der Waals surface area contributed by atoms with Gasteiger partial charge >= 0.3 is 5.97 Å². The molecule has 0 bridgehead atoms. The van der Waals surface area contributed by atoms with E-state index in [1.807, 2.05) is 24.3 Å². The SMILES string of the molecule is CCc1cccc(OCc2nc(NC)cc(C(=O)O)n2)c1. The molecule has 0 atom stereocenters. The van der Waals surface area contributed by atoms with Crippen molar-refractivity contribution in [3.63, 3.8) is 0 Å². The van der Waals surface area contributed by atoms with Crippen LogP contribution in [0.5, 0.6) is 5.75 Å². The summed E-state index contributed by atoms with van der Waals surface area (Å²) in [6, 6.07) is 9.11. The Kier molecular flexibility index (Phi) is 4.71. The number of benzene rings is 1. The van der Waals surface area contributed by atoms with E-state index >= 15 is 0 Å². The van der Waals surface area contributed by atoms with Gasteiger partial charge in [-0.25, -0.2) is 14.8 Å². The van der Waals surface area contributed by atoms with E-state index in [4.69, 9.17) is 9.84 Å². The molecule has 0 saturated carbocycles. The molecule has 0 unspecified atom stereocenters. The van der Waals surface area contributed by atoms with Gasteiger partial charge in [0, 0.05) is 13.1 Å². The first-order chi connectivity index (χ1) is 10.1. The number of hydrogen-bond acceptors (Lipinski definition) is 5. The largest absolute Gasteiger partial charge is 0.486 e. The van der Waals surface area contributed by atoms with Crippen LogP contribution in [0.2, 0.25) is 0 Å². The summed E-state index contributed by atoms with van der Waals surface area (Å²) in [7, 11) is 1.67. The quantitative estimate of drug-likeness (QED) is 0.848. The highest BCUT2D eigenvalue weighted by atomic mass is 16.5. The molecule has 2 rings (SSSR count). The molecule has 0 fully saturated rings. The van der Waals surface area contributed by atoms with E-state index in [0.717, 1.165) is 6.42 Å². The van der Waals surface area contributed by atoms with Gasteiger partial charge in [0.2, 0.25) is 0 Å². The number of nitrogens with zero attached hydrogens (tertiary/aromatic N) is 2. The van der Waals surface area contributed by atoms with Crippen LogP contribution in [-0.4, -0.2) is 28.1 Å². The maximum Gasteiger partial charge on any atom is 0.354 e. The number of carboxylic acid groups (broad SMARTS) is 1. The third-order valence-electron chi connectivity index (χ3n) is 2.92. The molecule has 1 aromatic carbocycles. The van der Waals surface area contributed by atoms with Gasteiger partial charge in [0.05, 0.1) is 0 Å². The van der Waals surface area contributed by atoms with E-state index in [2.05, 4.69) is 22.2 Å². The molecule has 0 radical (unpaired) electrons. The van der Waals surface area contributed by atoms with Crippen LogP contribution in [0.4, 0.5) is 5.82 Å². The molecular formula is C15H17N3O3. The Hall–Kier alpha value is -2.63. The van der Waals surface area contributed by atoms with Crippen molar-refractivity contribution in [1.82, 2.24) is 9.97 Å². The monoisotopic (exact) mass is 287 g/mol. The van der Waals surface area contributed by atoms with Gasteiger partial charge in [0.25, 0.3) is 0 Å². The summed E-state index contributed by atoms with van der Waals surface area (Å²) >= 11 is 0. The molecule has 2 aromatic rings. The van der Waals surface area contributed by atoms with Crippen molar-refractivity contribution in [2.45, 2.75) is 20.0 Å². The van der Waals surface area contributed by atoms with Crippen LogP contribution in [0.1, 0.15) is 28.8 Å². The Bertz CT molecular complexity index is 644. The molecule has 110 valence electrons. The fourth-order valence-corrected chi connectivity index (χ4v) is 1.80. The first-order valence-corrected chi connectivity index (χ1v) is 6.63. The van der Waals surface area contributed by atoms with Gasteiger partial charge < -0.3 is 15.2 Å². The molecule has 0 amide bonds. The smallest absolute Gasteiger partial charge is 0.354 e. The Morgan fingerprint density at radius 3 is 2.81 bits per heavy atom.